The first-order chi connectivity index (χ1) is 8.08. The van der Waals surface area contributed by atoms with Crippen molar-refractivity contribution in [2.75, 3.05) is 6.54 Å². The normalized spacial score (nSPS) is 24.6. The van der Waals surface area contributed by atoms with Gasteiger partial charge in [-0.05, 0) is 26.7 Å². The van der Waals surface area contributed by atoms with E-state index in [-0.39, 0.29) is 11.9 Å². The molecule has 0 aromatic carbocycles. The van der Waals surface area contributed by atoms with Crippen molar-refractivity contribution < 1.29 is 4.79 Å². The van der Waals surface area contributed by atoms with E-state index in [0.29, 0.717) is 11.6 Å². The van der Waals surface area contributed by atoms with E-state index in [1.807, 2.05) is 14.0 Å². The number of aromatic nitrogens is 2. The van der Waals surface area contributed by atoms with E-state index < -0.39 is 0 Å². The third-order valence-corrected chi connectivity index (χ3v) is 3.48. The molecule has 1 amide bonds. The Labute approximate surface area is 102 Å². The molecular formula is C12H20N4O. The molecule has 17 heavy (non-hydrogen) atoms. The van der Waals surface area contributed by atoms with Crippen LogP contribution in [0.5, 0.6) is 0 Å². The fourth-order valence-electron chi connectivity index (χ4n) is 2.11. The van der Waals surface area contributed by atoms with Crippen LogP contribution in [-0.2, 0) is 7.05 Å². The molecular weight excluding hydrogens is 216 g/mol. The Balaban J connectivity index is 1.95. The number of hydrogen-bond acceptors (Lipinski definition) is 3. The highest BCUT2D eigenvalue weighted by Crippen LogP contribution is 2.10. The lowest BCUT2D eigenvalue weighted by molar-refractivity contribution is 0.0927. The molecule has 0 aliphatic carbocycles. The molecule has 1 saturated heterocycles. The zero-order valence-corrected chi connectivity index (χ0v) is 10.7. The summed E-state index contributed by atoms with van der Waals surface area (Å²) in [6.07, 6.45) is 3.78. The summed E-state index contributed by atoms with van der Waals surface area (Å²) in [6, 6.07) is 0.793. The van der Waals surface area contributed by atoms with Crippen LogP contribution in [0.1, 0.15) is 35.8 Å². The molecule has 5 heteroatoms. The van der Waals surface area contributed by atoms with Crippen LogP contribution >= 0.6 is 0 Å². The second kappa shape index (κ2) is 4.87. The summed E-state index contributed by atoms with van der Waals surface area (Å²) >= 11 is 0. The van der Waals surface area contributed by atoms with Crippen LogP contribution in [0.15, 0.2) is 6.20 Å². The highest BCUT2D eigenvalue weighted by atomic mass is 16.1. The number of aryl methyl sites for hydroxylation is 1. The van der Waals surface area contributed by atoms with Gasteiger partial charge < -0.3 is 10.6 Å². The van der Waals surface area contributed by atoms with Crippen LogP contribution in [0, 0.1) is 6.92 Å². The number of carbonyl (C=O) groups excluding carboxylic acids is 1. The van der Waals surface area contributed by atoms with E-state index in [1.165, 1.54) is 0 Å². The van der Waals surface area contributed by atoms with Crippen molar-refractivity contribution in [2.45, 2.75) is 38.8 Å². The molecule has 5 nitrogen and oxygen atoms in total. The molecule has 1 aromatic rings. The van der Waals surface area contributed by atoms with Gasteiger partial charge in [-0.25, -0.2) is 0 Å². The van der Waals surface area contributed by atoms with Crippen molar-refractivity contribution >= 4 is 5.91 Å². The number of nitrogens with zero attached hydrogens (tertiary/aromatic N) is 2. The highest BCUT2D eigenvalue weighted by molar-refractivity contribution is 5.95. The van der Waals surface area contributed by atoms with Gasteiger partial charge in [0.05, 0.1) is 11.8 Å². The molecule has 2 atom stereocenters. The van der Waals surface area contributed by atoms with Crippen LogP contribution in [0.3, 0.4) is 0 Å². The van der Waals surface area contributed by atoms with E-state index in [9.17, 15) is 4.79 Å². The molecule has 2 heterocycles. The number of nitrogens with one attached hydrogen (secondary N) is 2. The number of carbonyl (C=O) groups is 1. The zero-order chi connectivity index (χ0) is 12.4. The van der Waals surface area contributed by atoms with Crippen molar-refractivity contribution in [1.29, 1.82) is 0 Å². The Morgan fingerprint density at radius 3 is 2.88 bits per heavy atom. The van der Waals surface area contributed by atoms with Crippen molar-refractivity contribution in [1.82, 2.24) is 20.4 Å². The van der Waals surface area contributed by atoms with Crippen molar-refractivity contribution in [2.24, 2.45) is 7.05 Å². The third-order valence-electron chi connectivity index (χ3n) is 3.48. The average molecular weight is 236 g/mol. The maximum absolute atomic E-state index is 12.0. The van der Waals surface area contributed by atoms with Gasteiger partial charge in [0.1, 0.15) is 0 Å². The summed E-state index contributed by atoms with van der Waals surface area (Å²) in [5.74, 6) is -0.0167. The molecule has 0 radical (unpaired) electrons. The molecule has 1 aliphatic heterocycles. The van der Waals surface area contributed by atoms with Crippen molar-refractivity contribution in [3.63, 3.8) is 0 Å². The summed E-state index contributed by atoms with van der Waals surface area (Å²) < 4.78 is 1.72. The van der Waals surface area contributed by atoms with Crippen LogP contribution in [-0.4, -0.2) is 34.3 Å². The van der Waals surface area contributed by atoms with Gasteiger partial charge in [0.2, 0.25) is 0 Å². The first kappa shape index (κ1) is 12.1. The Kier molecular flexibility index (Phi) is 3.47. The predicted octanol–water partition coefficient (Wildman–Crippen LogP) is 0.599. The lowest BCUT2D eigenvalue weighted by Crippen LogP contribution is -2.48. The topological polar surface area (TPSA) is 59.0 Å². The first-order valence-electron chi connectivity index (χ1n) is 6.10. The van der Waals surface area contributed by atoms with Crippen LogP contribution in [0.2, 0.25) is 0 Å². The number of hydrogen-bond donors (Lipinski definition) is 2. The van der Waals surface area contributed by atoms with Gasteiger partial charge in [0.25, 0.3) is 5.91 Å². The quantitative estimate of drug-likeness (QED) is 0.790. The van der Waals surface area contributed by atoms with Crippen LogP contribution in [0.25, 0.3) is 0 Å². The standard InChI is InChI=1S/C12H20N4O/c1-8-4-5-10(6-13-8)15-12(17)11-7-14-16(3)9(11)2/h7-8,10,13H,4-6H2,1-3H3,(H,15,17). The predicted molar refractivity (Wildman–Crippen MR) is 65.9 cm³/mol. The Morgan fingerprint density at radius 2 is 2.35 bits per heavy atom. The van der Waals surface area contributed by atoms with Crippen molar-refractivity contribution in [3.8, 4) is 0 Å². The molecule has 94 valence electrons. The molecule has 1 aromatic heterocycles. The van der Waals surface area contributed by atoms with Gasteiger partial charge in [0.15, 0.2) is 0 Å². The zero-order valence-electron chi connectivity index (χ0n) is 10.7. The Bertz CT molecular complexity index is 405. The second-order valence-corrected chi connectivity index (χ2v) is 4.82. The molecule has 1 fully saturated rings. The van der Waals surface area contributed by atoms with E-state index >= 15 is 0 Å². The number of amides is 1. The van der Waals surface area contributed by atoms with Gasteiger partial charge in [-0.15, -0.1) is 0 Å². The molecule has 2 unspecified atom stereocenters. The Morgan fingerprint density at radius 1 is 1.59 bits per heavy atom. The average Bonchev–Trinajstić information content (AvgIpc) is 2.63. The van der Waals surface area contributed by atoms with Crippen LogP contribution in [0.4, 0.5) is 0 Å². The molecule has 0 spiro atoms. The van der Waals surface area contributed by atoms with E-state index in [4.69, 9.17) is 0 Å². The van der Waals surface area contributed by atoms with Gasteiger partial charge in [-0.3, -0.25) is 9.48 Å². The molecule has 2 rings (SSSR count). The third kappa shape index (κ3) is 2.66. The molecule has 0 bridgehead atoms. The van der Waals surface area contributed by atoms with Gasteiger partial charge in [-0.2, -0.15) is 5.10 Å². The molecule has 0 saturated carbocycles. The molecule has 2 N–H and O–H groups in total. The summed E-state index contributed by atoms with van der Waals surface area (Å²) in [5.41, 5.74) is 1.57. The first-order valence-corrected chi connectivity index (χ1v) is 6.10. The van der Waals surface area contributed by atoms with Gasteiger partial charge in [0, 0.05) is 31.4 Å². The fraction of sp³-hybridized carbons (Fsp3) is 0.667. The summed E-state index contributed by atoms with van der Waals surface area (Å²) in [4.78, 5) is 12.0. The van der Waals surface area contributed by atoms with Gasteiger partial charge >= 0.3 is 0 Å². The van der Waals surface area contributed by atoms with Crippen molar-refractivity contribution in [3.05, 3.63) is 17.5 Å². The minimum atomic E-state index is -0.0167. The SMILES string of the molecule is Cc1c(C(=O)NC2CCC(C)NC2)cnn1C. The summed E-state index contributed by atoms with van der Waals surface area (Å²) in [7, 11) is 1.84. The van der Waals surface area contributed by atoms with Crippen LogP contribution < -0.4 is 10.6 Å². The smallest absolute Gasteiger partial charge is 0.255 e. The maximum Gasteiger partial charge on any atom is 0.255 e. The van der Waals surface area contributed by atoms with Gasteiger partial charge in [-0.1, -0.05) is 0 Å². The summed E-state index contributed by atoms with van der Waals surface area (Å²) in [5, 5.41) is 10.5. The minimum absolute atomic E-state index is 0.0167. The van der Waals surface area contributed by atoms with E-state index in [0.717, 1.165) is 25.1 Å². The number of piperidine rings is 1. The minimum Gasteiger partial charge on any atom is -0.348 e. The van der Waals surface area contributed by atoms with E-state index in [1.54, 1.807) is 10.9 Å². The fourth-order valence-corrected chi connectivity index (χ4v) is 2.11. The monoisotopic (exact) mass is 236 g/mol. The second-order valence-electron chi connectivity index (χ2n) is 4.82. The number of rotatable bonds is 2. The summed E-state index contributed by atoms with van der Waals surface area (Å²) in [6.45, 7) is 4.93. The maximum atomic E-state index is 12.0. The highest BCUT2D eigenvalue weighted by Gasteiger charge is 2.21. The van der Waals surface area contributed by atoms with E-state index in [2.05, 4.69) is 22.7 Å². The molecule has 1 aliphatic rings. The Hall–Kier alpha value is -1.36. The lowest BCUT2D eigenvalue weighted by atomic mass is 10.0. The lowest BCUT2D eigenvalue weighted by Gasteiger charge is -2.28. The largest absolute Gasteiger partial charge is 0.348 e.